The molecule has 1 aromatic carbocycles. The second kappa shape index (κ2) is 6.00. The van der Waals surface area contributed by atoms with Crippen molar-refractivity contribution < 1.29 is 15.0 Å². The first kappa shape index (κ1) is 12.4. The van der Waals surface area contributed by atoms with Gasteiger partial charge in [0.2, 0.25) is 0 Å². The van der Waals surface area contributed by atoms with Crippen LogP contribution in [0.15, 0.2) is 24.3 Å². The molecule has 15 heavy (non-hydrogen) atoms. The molecule has 0 bridgehead atoms. The minimum Gasteiger partial charge on any atom is -0.396 e. The number of aliphatic hydroxyl groups is 2. The molecule has 0 saturated heterocycles. The maximum Gasteiger partial charge on any atom is 0.173 e. The van der Waals surface area contributed by atoms with Crippen LogP contribution in [0.3, 0.4) is 0 Å². The van der Waals surface area contributed by atoms with Crippen LogP contribution in [0.1, 0.15) is 28.4 Å². The first-order valence-corrected chi connectivity index (χ1v) is 5.79. The Morgan fingerprint density at radius 1 is 1.33 bits per heavy atom. The van der Waals surface area contributed by atoms with Gasteiger partial charge in [0.25, 0.3) is 0 Å². The molecule has 1 unspecified atom stereocenters. The molecule has 0 saturated carbocycles. The maximum atomic E-state index is 11.3. The van der Waals surface area contributed by atoms with Crippen molar-refractivity contribution in [2.75, 3.05) is 11.9 Å². The third-order valence-corrected chi connectivity index (χ3v) is 2.65. The second-order valence-electron chi connectivity index (χ2n) is 3.21. The van der Waals surface area contributed by atoms with Gasteiger partial charge in [0, 0.05) is 18.6 Å². The van der Waals surface area contributed by atoms with Gasteiger partial charge in [-0.3, -0.25) is 4.79 Å². The highest BCUT2D eigenvalue weighted by molar-refractivity contribution is 9.09. The van der Waals surface area contributed by atoms with Gasteiger partial charge < -0.3 is 10.2 Å². The summed E-state index contributed by atoms with van der Waals surface area (Å²) < 4.78 is 0. The van der Waals surface area contributed by atoms with Crippen molar-refractivity contribution in [1.29, 1.82) is 0 Å². The predicted molar refractivity (Wildman–Crippen MR) is 61.2 cm³/mol. The lowest BCUT2D eigenvalue weighted by molar-refractivity contribution is 0.102. The molecule has 82 valence electrons. The molecule has 0 aliphatic rings. The second-order valence-corrected chi connectivity index (χ2v) is 3.77. The number of benzene rings is 1. The highest BCUT2D eigenvalue weighted by Gasteiger charge is 2.08. The molecule has 0 amide bonds. The largest absolute Gasteiger partial charge is 0.396 e. The molecule has 1 aromatic rings. The summed E-state index contributed by atoms with van der Waals surface area (Å²) in [5, 5.41) is 18.5. The Hall–Kier alpha value is -0.710. The number of hydrogen-bond donors (Lipinski definition) is 2. The van der Waals surface area contributed by atoms with Gasteiger partial charge in [-0.15, -0.1) is 0 Å². The van der Waals surface area contributed by atoms with E-state index in [1.54, 1.807) is 24.3 Å². The summed E-state index contributed by atoms with van der Waals surface area (Å²) in [6, 6.07) is 6.77. The molecule has 1 atom stereocenters. The lowest BCUT2D eigenvalue weighted by Gasteiger charge is -2.09. The summed E-state index contributed by atoms with van der Waals surface area (Å²) in [6.45, 7) is -0.0523. The average molecular weight is 273 g/mol. The standard InChI is InChI=1S/C11H13BrO3/c12-7-11(15)9-3-1-8(2-4-9)10(14)5-6-13/h1-4,10,13-14H,5-7H2. The first-order valence-electron chi connectivity index (χ1n) is 4.67. The summed E-state index contributed by atoms with van der Waals surface area (Å²) in [7, 11) is 0. The molecular weight excluding hydrogens is 260 g/mol. The van der Waals surface area contributed by atoms with Crippen molar-refractivity contribution in [2.24, 2.45) is 0 Å². The van der Waals surface area contributed by atoms with E-state index in [0.717, 1.165) is 5.56 Å². The lowest BCUT2D eigenvalue weighted by Crippen LogP contribution is -2.03. The van der Waals surface area contributed by atoms with E-state index < -0.39 is 6.10 Å². The van der Waals surface area contributed by atoms with Crippen LogP contribution >= 0.6 is 15.9 Å². The molecule has 0 radical (unpaired) electrons. The number of carbonyl (C=O) groups excluding carboxylic acids is 1. The normalized spacial score (nSPS) is 12.5. The van der Waals surface area contributed by atoms with Gasteiger partial charge in [0.15, 0.2) is 5.78 Å². The molecule has 0 spiro atoms. The van der Waals surface area contributed by atoms with Gasteiger partial charge in [-0.05, 0) is 5.56 Å². The number of hydrogen-bond acceptors (Lipinski definition) is 3. The van der Waals surface area contributed by atoms with Crippen molar-refractivity contribution in [2.45, 2.75) is 12.5 Å². The van der Waals surface area contributed by atoms with Crippen LogP contribution in [0.25, 0.3) is 0 Å². The Balaban J connectivity index is 2.76. The Bertz CT molecular complexity index is 321. The predicted octanol–water partition coefficient (Wildman–Crippen LogP) is 1.68. The molecule has 0 aliphatic heterocycles. The van der Waals surface area contributed by atoms with Gasteiger partial charge >= 0.3 is 0 Å². The molecule has 1 rings (SSSR count). The Morgan fingerprint density at radius 3 is 2.40 bits per heavy atom. The summed E-state index contributed by atoms with van der Waals surface area (Å²) in [5.41, 5.74) is 1.34. The van der Waals surface area contributed by atoms with E-state index >= 15 is 0 Å². The van der Waals surface area contributed by atoms with Gasteiger partial charge in [-0.1, -0.05) is 40.2 Å². The Morgan fingerprint density at radius 2 is 1.93 bits per heavy atom. The van der Waals surface area contributed by atoms with Crippen LogP contribution in [-0.2, 0) is 0 Å². The maximum absolute atomic E-state index is 11.3. The molecular formula is C11H13BrO3. The van der Waals surface area contributed by atoms with Crippen molar-refractivity contribution in [3.05, 3.63) is 35.4 Å². The summed E-state index contributed by atoms with van der Waals surface area (Å²) in [6.07, 6.45) is -0.353. The highest BCUT2D eigenvalue weighted by Crippen LogP contribution is 2.17. The third kappa shape index (κ3) is 3.41. The highest BCUT2D eigenvalue weighted by atomic mass is 79.9. The topological polar surface area (TPSA) is 57.5 Å². The summed E-state index contributed by atoms with van der Waals surface area (Å²) >= 11 is 3.09. The molecule has 2 N–H and O–H groups in total. The van der Waals surface area contributed by atoms with Crippen LogP contribution in [-0.4, -0.2) is 27.9 Å². The zero-order valence-corrected chi connectivity index (χ0v) is 9.77. The Labute approximate surface area is 96.9 Å². The van der Waals surface area contributed by atoms with Crippen molar-refractivity contribution in [3.8, 4) is 0 Å². The quantitative estimate of drug-likeness (QED) is 0.634. The minimum absolute atomic E-state index is 0.0122. The number of carbonyl (C=O) groups is 1. The van der Waals surface area contributed by atoms with Crippen LogP contribution in [0, 0.1) is 0 Å². The van der Waals surface area contributed by atoms with E-state index in [9.17, 15) is 9.90 Å². The average Bonchev–Trinajstić information content (AvgIpc) is 2.28. The number of rotatable bonds is 5. The number of Topliss-reactive ketones (excluding diaryl/α,β-unsaturated/α-hetero) is 1. The lowest BCUT2D eigenvalue weighted by atomic mass is 10.0. The monoisotopic (exact) mass is 272 g/mol. The SMILES string of the molecule is O=C(CBr)c1ccc(C(O)CCO)cc1. The summed E-state index contributed by atoms with van der Waals surface area (Å²) in [5.74, 6) is 0.0122. The van der Waals surface area contributed by atoms with E-state index in [1.807, 2.05) is 0 Å². The molecule has 0 heterocycles. The van der Waals surface area contributed by atoms with Crippen molar-refractivity contribution in [3.63, 3.8) is 0 Å². The molecule has 4 heteroatoms. The zero-order chi connectivity index (χ0) is 11.3. The van der Waals surface area contributed by atoms with Crippen molar-refractivity contribution in [1.82, 2.24) is 0 Å². The minimum atomic E-state index is -0.664. The fourth-order valence-electron chi connectivity index (χ4n) is 1.26. The van der Waals surface area contributed by atoms with Crippen LogP contribution in [0.5, 0.6) is 0 Å². The molecule has 0 fully saturated rings. The van der Waals surface area contributed by atoms with Gasteiger partial charge in [-0.25, -0.2) is 0 Å². The van der Waals surface area contributed by atoms with E-state index in [-0.39, 0.29) is 12.4 Å². The van der Waals surface area contributed by atoms with E-state index in [4.69, 9.17) is 5.11 Å². The number of aliphatic hydroxyl groups excluding tert-OH is 2. The van der Waals surface area contributed by atoms with Gasteiger partial charge in [0.1, 0.15) is 0 Å². The number of alkyl halides is 1. The van der Waals surface area contributed by atoms with Crippen LogP contribution in [0.2, 0.25) is 0 Å². The van der Waals surface area contributed by atoms with E-state index in [2.05, 4.69) is 15.9 Å². The van der Waals surface area contributed by atoms with E-state index in [1.165, 1.54) is 0 Å². The molecule has 0 aromatic heterocycles. The third-order valence-electron chi connectivity index (χ3n) is 2.14. The fourth-order valence-corrected chi connectivity index (χ4v) is 1.58. The summed E-state index contributed by atoms with van der Waals surface area (Å²) in [4.78, 5) is 11.3. The van der Waals surface area contributed by atoms with Crippen LogP contribution in [0.4, 0.5) is 0 Å². The first-order chi connectivity index (χ1) is 7.19. The van der Waals surface area contributed by atoms with Crippen LogP contribution < -0.4 is 0 Å². The van der Waals surface area contributed by atoms with E-state index in [0.29, 0.717) is 17.3 Å². The van der Waals surface area contributed by atoms with Crippen molar-refractivity contribution >= 4 is 21.7 Å². The number of ketones is 1. The zero-order valence-electron chi connectivity index (χ0n) is 8.19. The number of halogens is 1. The smallest absolute Gasteiger partial charge is 0.173 e. The molecule has 0 aliphatic carbocycles. The van der Waals surface area contributed by atoms with Gasteiger partial charge in [-0.2, -0.15) is 0 Å². The fraction of sp³-hybridized carbons (Fsp3) is 0.364. The molecule has 3 nitrogen and oxygen atoms in total. The Kier molecular flexibility index (Phi) is 4.94. The van der Waals surface area contributed by atoms with Gasteiger partial charge in [0.05, 0.1) is 11.4 Å².